The minimum Gasteiger partial charge on any atom is -0.294 e. The van der Waals surface area contributed by atoms with Gasteiger partial charge in [-0.25, -0.2) is 0 Å². The molecule has 6 heteroatoms. The van der Waals surface area contributed by atoms with Crippen LogP contribution in [0.1, 0.15) is 34.1 Å². The molecule has 1 heterocycles. The highest BCUT2D eigenvalue weighted by Crippen LogP contribution is 2.43. The largest absolute Gasteiger partial charge is 0.392 e. The highest BCUT2D eigenvalue weighted by molar-refractivity contribution is 9.11. The molecule has 1 aromatic rings. The van der Waals surface area contributed by atoms with E-state index in [1.54, 1.807) is 0 Å². The van der Waals surface area contributed by atoms with Crippen molar-refractivity contribution < 1.29 is 18.0 Å². The van der Waals surface area contributed by atoms with Gasteiger partial charge in [-0.05, 0) is 47.7 Å². The number of fused-ring (bicyclic) bond motifs is 1. The van der Waals surface area contributed by atoms with Gasteiger partial charge in [0, 0.05) is 10.4 Å². The van der Waals surface area contributed by atoms with Crippen molar-refractivity contribution in [3.05, 3.63) is 19.8 Å². The molecule has 2 rings (SSSR count). The average Bonchev–Trinajstić information content (AvgIpc) is 2.50. The minimum atomic E-state index is -4.13. The highest BCUT2D eigenvalue weighted by Gasteiger charge is 2.42. The highest BCUT2D eigenvalue weighted by atomic mass is 79.9. The molecular formula is C11H10BrF3OS. The van der Waals surface area contributed by atoms with Gasteiger partial charge >= 0.3 is 6.18 Å². The molecule has 0 saturated heterocycles. The summed E-state index contributed by atoms with van der Waals surface area (Å²) in [5.74, 6) is -1.35. The van der Waals surface area contributed by atoms with Crippen LogP contribution in [-0.4, -0.2) is 12.0 Å². The molecule has 1 aromatic heterocycles. The molecule has 0 aromatic carbocycles. The molecule has 1 aliphatic carbocycles. The molecule has 1 aliphatic rings. The molecule has 1 nitrogen and oxygen atoms in total. The van der Waals surface area contributed by atoms with Crippen LogP contribution in [0.3, 0.4) is 0 Å². The predicted molar refractivity (Wildman–Crippen MR) is 63.6 cm³/mol. The van der Waals surface area contributed by atoms with Crippen molar-refractivity contribution in [2.24, 2.45) is 5.92 Å². The maximum absolute atomic E-state index is 12.6. The molecule has 1 unspecified atom stereocenters. The van der Waals surface area contributed by atoms with Gasteiger partial charge in [-0.1, -0.05) is 0 Å². The van der Waals surface area contributed by atoms with Gasteiger partial charge in [-0.15, -0.1) is 11.3 Å². The van der Waals surface area contributed by atoms with E-state index in [4.69, 9.17) is 0 Å². The van der Waals surface area contributed by atoms with Crippen LogP contribution in [0.15, 0.2) is 3.79 Å². The third-order valence-corrected chi connectivity index (χ3v) is 4.96. The van der Waals surface area contributed by atoms with Crippen LogP contribution in [0.5, 0.6) is 0 Å². The molecule has 0 radical (unpaired) electrons. The fourth-order valence-corrected chi connectivity index (χ4v) is 4.48. The Labute approximate surface area is 109 Å². The van der Waals surface area contributed by atoms with Crippen LogP contribution in [0, 0.1) is 5.92 Å². The number of carbonyl (C=O) groups excluding carboxylic acids is 1. The predicted octanol–water partition coefficient (Wildman–Crippen LogP) is 4.38. The first-order valence-electron chi connectivity index (χ1n) is 5.18. The fraction of sp³-hybridized carbons (Fsp3) is 0.545. The summed E-state index contributed by atoms with van der Waals surface area (Å²) in [6.07, 6.45) is -3.70. The van der Waals surface area contributed by atoms with E-state index in [2.05, 4.69) is 15.9 Å². The van der Waals surface area contributed by atoms with Crippen molar-refractivity contribution in [3.8, 4) is 0 Å². The van der Waals surface area contributed by atoms with Gasteiger partial charge in [0.2, 0.25) is 0 Å². The summed E-state index contributed by atoms with van der Waals surface area (Å²) in [6, 6.07) is 0. The van der Waals surface area contributed by atoms with Crippen molar-refractivity contribution in [3.63, 3.8) is 0 Å². The van der Waals surface area contributed by atoms with Gasteiger partial charge in [0.05, 0.1) is 9.70 Å². The van der Waals surface area contributed by atoms with E-state index in [1.807, 2.05) is 0 Å². The molecule has 0 aliphatic heterocycles. The number of hydrogen-bond acceptors (Lipinski definition) is 2. The minimum absolute atomic E-state index is 0.00931. The monoisotopic (exact) mass is 326 g/mol. The third-order valence-electron chi connectivity index (χ3n) is 3.04. The summed E-state index contributed by atoms with van der Waals surface area (Å²) >= 11 is 4.53. The third kappa shape index (κ3) is 2.42. The summed E-state index contributed by atoms with van der Waals surface area (Å²) in [5, 5.41) is 0. The number of carbonyl (C=O) groups is 1. The van der Waals surface area contributed by atoms with E-state index in [1.165, 1.54) is 18.3 Å². The van der Waals surface area contributed by atoms with Gasteiger partial charge in [0.1, 0.15) is 0 Å². The number of Topliss-reactive ketones (excluding diaryl/α,β-unsaturated/α-hetero) is 1. The lowest BCUT2D eigenvalue weighted by Crippen LogP contribution is -2.28. The Morgan fingerprint density at radius 1 is 1.47 bits per heavy atom. The fourth-order valence-electron chi connectivity index (χ4n) is 2.18. The van der Waals surface area contributed by atoms with E-state index >= 15 is 0 Å². The molecule has 0 saturated carbocycles. The second kappa shape index (κ2) is 4.39. The quantitative estimate of drug-likeness (QED) is 0.700. The Morgan fingerprint density at radius 3 is 2.65 bits per heavy atom. The number of thiophene rings is 1. The van der Waals surface area contributed by atoms with E-state index in [9.17, 15) is 18.0 Å². The number of hydrogen-bond donors (Lipinski definition) is 0. The van der Waals surface area contributed by atoms with Crippen LogP contribution in [-0.2, 0) is 12.8 Å². The lowest BCUT2D eigenvalue weighted by Gasteiger charge is -2.24. The zero-order valence-electron chi connectivity index (χ0n) is 9.03. The maximum Gasteiger partial charge on any atom is 0.392 e. The first kappa shape index (κ1) is 13.1. The molecule has 0 N–H and O–H groups in total. The van der Waals surface area contributed by atoms with E-state index in [-0.39, 0.29) is 18.6 Å². The Balaban J connectivity index is 2.35. The van der Waals surface area contributed by atoms with Crippen molar-refractivity contribution >= 4 is 33.0 Å². The molecule has 94 valence electrons. The second-order valence-electron chi connectivity index (χ2n) is 4.19. The van der Waals surface area contributed by atoms with Crippen LogP contribution < -0.4 is 0 Å². The summed E-state index contributed by atoms with van der Waals surface area (Å²) in [4.78, 5) is 12.1. The van der Waals surface area contributed by atoms with Gasteiger partial charge in [-0.3, -0.25) is 4.79 Å². The zero-order chi connectivity index (χ0) is 12.8. The van der Waals surface area contributed by atoms with Crippen molar-refractivity contribution in [1.29, 1.82) is 0 Å². The second-order valence-corrected chi connectivity index (χ2v) is 6.61. The number of ketones is 1. The Hall–Kier alpha value is -0.360. The SMILES string of the molecule is CC(=O)c1c(Br)sc2c1CCC(C(F)(F)F)C2. The lowest BCUT2D eigenvalue weighted by molar-refractivity contribution is -0.176. The van der Waals surface area contributed by atoms with Gasteiger partial charge in [0.15, 0.2) is 5.78 Å². The zero-order valence-corrected chi connectivity index (χ0v) is 11.4. The van der Waals surface area contributed by atoms with E-state index in [0.717, 1.165) is 5.56 Å². The normalized spacial score (nSPS) is 20.2. The van der Waals surface area contributed by atoms with E-state index in [0.29, 0.717) is 20.6 Å². The molecule has 0 spiro atoms. The maximum atomic E-state index is 12.6. The van der Waals surface area contributed by atoms with Crippen LogP contribution in [0.2, 0.25) is 0 Å². The smallest absolute Gasteiger partial charge is 0.294 e. The summed E-state index contributed by atoms with van der Waals surface area (Å²) < 4.78 is 38.5. The summed E-state index contributed by atoms with van der Waals surface area (Å²) in [6.45, 7) is 1.45. The topological polar surface area (TPSA) is 17.1 Å². The molecular weight excluding hydrogens is 317 g/mol. The number of rotatable bonds is 1. The van der Waals surface area contributed by atoms with Gasteiger partial charge in [-0.2, -0.15) is 13.2 Å². The summed E-state index contributed by atoms with van der Waals surface area (Å²) in [7, 11) is 0. The molecule has 0 amide bonds. The van der Waals surface area contributed by atoms with Crippen molar-refractivity contribution in [2.75, 3.05) is 0 Å². The van der Waals surface area contributed by atoms with Crippen LogP contribution in [0.4, 0.5) is 13.2 Å². The van der Waals surface area contributed by atoms with E-state index < -0.39 is 12.1 Å². The van der Waals surface area contributed by atoms with Crippen LogP contribution >= 0.6 is 27.3 Å². The first-order chi connectivity index (χ1) is 7.80. The summed E-state index contributed by atoms with van der Waals surface area (Å²) in [5.41, 5.74) is 1.39. The Kier molecular flexibility index (Phi) is 3.38. The number of halogens is 4. The molecule has 0 bridgehead atoms. The molecule has 0 fully saturated rings. The number of alkyl halides is 3. The lowest BCUT2D eigenvalue weighted by atomic mass is 9.86. The molecule has 1 atom stereocenters. The Bertz CT molecular complexity index is 464. The average molecular weight is 327 g/mol. The van der Waals surface area contributed by atoms with Crippen LogP contribution in [0.25, 0.3) is 0 Å². The standard InChI is InChI=1S/C11H10BrF3OS/c1-5(16)9-7-3-2-6(11(13,14)15)4-8(7)17-10(9)12/h6H,2-4H2,1H3. The van der Waals surface area contributed by atoms with Gasteiger partial charge in [0.25, 0.3) is 0 Å². The molecule has 17 heavy (non-hydrogen) atoms. The Morgan fingerprint density at radius 2 is 2.12 bits per heavy atom. The van der Waals surface area contributed by atoms with Crippen molar-refractivity contribution in [1.82, 2.24) is 0 Å². The van der Waals surface area contributed by atoms with Crippen molar-refractivity contribution in [2.45, 2.75) is 32.4 Å². The first-order valence-corrected chi connectivity index (χ1v) is 6.79. The van der Waals surface area contributed by atoms with Gasteiger partial charge < -0.3 is 0 Å².